The van der Waals surface area contributed by atoms with E-state index in [0.29, 0.717) is 5.69 Å². The van der Waals surface area contributed by atoms with Crippen molar-refractivity contribution in [3.8, 4) is 0 Å². The zero-order valence-electron chi connectivity index (χ0n) is 17.9. The van der Waals surface area contributed by atoms with E-state index in [1.807, 2.05) is 0 Å². The van der Waals surface area contributed by atoms with Crippen LogP contribution in [0.25, 0.3) is 0 Å². The number of hydrogen-bond acceptors (Lipinski definition) is 2. The average Bonchev–Trinajstić information content (AvgIpc) is 2.75. The van der Waals surface area contributed by atoms with Crippen molar-refractivity contribution < 1.29 is 14.7 Å². The first-order valence-corrected chi connectivity index (χ1v) is 11.7. The van der Waals surface area contributed by atoms with Crippen molar-refractivity contribution in [1.29, 1.82) is 0 Å². The van der Waals surface area contributed by atoms with Crippen LogP contribution in [0.5, 0.6) is 0 Å². The summed E-state index contributed by atoms with van der Waals surface area (Å²) in [5.41, 5.74) is 0.923. The van der Waals surface area contributed by atoms with Gasteiger partial charge in [0.05, 0.1) is 5.56 Å². The van der Waals surface area contributed by atoms with Crippen molar-refractivity contribution in [2.75, 3.05) is 5.32 Å². The summed E-state index contributed by atoms with van der Waals surface area (Å²) in [4.78, 5) is 23.5. The van der Waals surface area contributed by atoms with Gasteiger partial charge in [0.2, 0.25) is 5.91 Å². The zero-order valence-corrected chi connectivity index (χ0v) is 17.9. The fraction of sp³-hybridized carbons (Fsp3) is 0.680. The maximum Gasteiger partial charge on any atom is 0.335 e. The van der Waals surface area contributed by atoms with Gasteiger partial charge in [0, 0.05) is 11.6 Å². The van der Waals surface area contributed by atoms with Gasteiger partial charge in [0.1, 0.15) is 0 Å². The molecule has 4 nitrogen and oxygen atoms in total. The Morgan fingerprint density at radius 3 is 2.03 bits per heavy atom. The normalized spacial score (nSPS) is 27.3. The lowest BCUT2D eigenvalue weighted by atomic mass is 9.68. The number of carbonyl (C=O) groups is 2. The average molecular weight is 400 g/mol. The third-order valence-corrected chi connectivity index (χ3v) is 7.32. The third kappa shape index (κ3) is 6.32. The van der Waals surface area contributed by atoms with Crippen molar-refractivity contribution in [3.63, 3.8) is 0 Å². The SMILES string of the molecule is CCCCCC1CCC(C2CCC(C(=O)Nc3ccc(C(=O)O)cc3)CC2)CC1. The molecule has 3 rings (SSSR count). The molecular formula is C25H37NO3. The Kier molecular flexibility index (Phi) is 8.14. The van der Waals surface area contributed by atoms with E-state index in [1.165, 1.54) is 76.3 Å². The molecular weight excluding hydrogens is 362 g/mol. The minimum atomic E-state index is -0.948. The number of anilines is 1. The largest absolute Gasteiger partial charge is 0.478 e. The highest BCUT2D eigenvalue weighted by atomic mass is 16.4. The molecule has 1 amide bonds. The van der Waals surface area contributed by atoms with E-state index in [2.05, 4.69) is 12.2 Å². The Labute approximate surface area is 175 Å². The van der Waals surface area contributed by atoms with Crippen LogP contribution in [0, 0.1) is 23.7 Å². The molecule has 0 aromatic heterocycles. The molecule has 0 atom stereocenters. The first-order valence-electron chi connectivity index (χ1n) is 11.7. The molecule has 1 aromatic carbocycles. The molecule has 0 unspecified atom stereocenters. The molecule has 2 N–H and O–H groups in total. The number of benzene rings is 1. The summed E-state index contributed by atoms with van der Waals surface area (Å²) in [5.74, 6) is 1.89. The van der Waals surface area contributed by atoms with Crippen LogP contribution in [0.2, 0.25) is 0 Å². The molecule has 0 bridgehead atoms. The van der Waals surface area contributed by atoms with Crippen LogP contribution in [0.1, 0.15) is 94.3 Å². The van der Waals surface area contributed by atoms with Crippen molar-refractivity contribution in [1.82, 2.24) is 0 Å². The molecule has 2 aliphatic carbocycles. The molecule has 0 radical (unpaired) electrons. The maximum absolute atomic E-state index is 12.6. The molecule has 160 valence electrons. The smallest absolute Gasteiger partial charge is 0.335 e. The Morgan fingerprint density at radius 1 is 0.897 bits per heavy atom. The Balaban J connectivity index is 1.39. The number of aromatic carboxylic acids is 1. The minimum absolute atomic E-state index is 0.0890. The summed E-state index contributed by atoms with van der Waals surface area (Å²) in [6.45, 7) is 2.28. The molecule has 4 heteroatoms. The lowest BCUT2D eigenvalue weighted by Crippen LogP contribution is -2.30. The second kappa shape index (κ2) is 10.8. The summed E-state index contributed by atoms with van der Waals surface area (Å²) < 4.78 is 0. The minimum Gasteiger partial charge on any atom is -0.478 e. The summed E-state index contributed by atoms with van der Waals surface area (Å²) in [7, 11) is 0. The maximum atomic E-state index is 12.6. The summed E-state index contributed by atoms with van der Waals surface area (Å²) in [6.07, 6.45) is 15.5. The zero-order chi connectivity index (χ0) is 20.6. The molecule has 0 aliphatic heterocycles. The van der Waals surface area contributed by atoms with Gasteiger partial charge in [0.15, 0.2) is 0 Å². The number of carbonyl (C=O) groups excluding carboxylic acids is 1. The van der Waals surface area contributed by atoms with Crippen LogP contribution in [-0.2, 0) is 4.79 Å². The second-order valence-corrected chi connectivity index (χ2v) is 9.26. The predicted molar refractivity (Wildman–Crippen MR) is 117 cm³/mol. The summed E-state index contributed by atoms with van der Waals surface area (Å²) >= 11 is 0. The number of amides is 1. The lowest BCUT2D eigenvalue weighted by Gasteiger charge is -2.37. The highest BCUT2D eigenvalue weighted by Gasteiger charge is 2.32. The van der Waals surface area contributed by atoms with Gasteiger partial charge in [-0.15, -0.1) is 0 Å². The van der Waals surface area contributed by atoms with Crippen molar-refractivity contribution in [2.45, 2.75) is 84.0 Å². The Bertz CT molecular complexity index is 653. The van der Waals surface area contributed by atoms with Crippen LogP contribution < -0.4 is 5.32 Å². The monoisotopic (exact) mass is 399 g/mol. The first kappa shape index (κ1) is 21.9. The summed E-state index contributed by atoms with van der Waals surface area (Å²) in [6, 6.07) is 6.42. The number of carboxylic acids is 1. The highest BCUT2D eigenvalue weighted by Crippen LogP contribution is 2.42. The second-order valence-electron chi connectivity index (χ2n) is 9.26. The van der Waals surface area contributed by atoms with E-state index in [4.69, 9.17) is 5.11 Å². The van der Waals surface area contributed by atoms with Gasteiger partial charge < -0.3 is 10.4 Å². The van der Waals surface area contributed by atoms with E-state index in [0.717, 1.165) is 30.6 Å². The first-order chi connectivity index (χ1) is 14.1. The molecule has 0 spiro atoms. The highest BCUT2D eigenvalue weighted by molar-refractivity contribution is 5.93. The van der Waals surface area contributed by atoms with Crippen LogP contribution in [-0.4, -0.2) is 17.0 Å². The van der Waals surface area contributed by atoms with Crippen LogP contribution in [0.4, 0.5) is 5.69 Å². The topological polar surface area (TPSA) is 66.4 Å². The van der Waals surface area contributed by atoms with Gasteiger partial charge in [-0.2, -0.15) is 0 Å². The van der Waals surface area contributed by atoms with Crippen molar-refractivity contribution in [3.05, 3.63) is 29.8 Å². The quantitative estimate of drug-likeness (QED) is 0.489. The van der Waals surface area contributed by atoms with E-state index >= 15 is 0 Å². The fourth-order valence-corrected chi connectivity index (χ4v) is 5.42. The molecule has 0 saturated heterocycles. The number of nitrogens with one attached hydrogen (secondary N) is 1. The molecule has 0 heterocycles. The van der Waals surface area contributed by atoms with E-state index in [9.17, 15) is 9.59 Å². The van der Waals surface area contributed by atoms with Crippen LogP contribution in [0.3, 0.4) is 0 Å². The van der Waals surface area contributed by atoms with E-state index in [1.54, 1.807) is 12.1 Å². The molecule has 29 heavy (non-hydrogen) atoms. The predicted octanol–water partition coefficient (Wildman–Crippen LogP) is 6.52. The van der Waals surface area contributed by atoms with Gasteiger partial charge in [0.25, 0.3) is 0 Å². The molecule has 2 saturated carbocycles. The van der Waals surface area contributed by atoms with E-state index in [-0.39, 0.29) is 17.4 Å². The Morgan fingerprint density at radius 2 is 1.48 bits per heavy atom. The van der Waals surface area contributed by atoms with Crippen LogP contribution >= 0.6 is 0 Å². The van der Waals surface area contributed by atoms with Gasteiger partial charge in [-0.25, -0.2) is 4.79 Å². The molecule has 1 aromatic rings. The van der Waals surface area contributed by atoms with Gasteiger partial charge in [-0.05, 0) is 80.5 Å². The number of carboxylic acid groups (broad SMARTS) is 1. The van der Waals surface area contributed by atoms with Crippen LogP contribution in [0.15, 0.2) is 24.3 Å². The standard InChI is InChI=1S/C25H37NO3/c1-2-3-4-5-18-6-8-19(9-7-18)20-10-12-21(13-11-20)24(27)26-23-16-14-22(15-17-23)25(28)29/h14-21H,2-13H2,1H3,(H,26,27)(H,28,29). The number of unbranched alkanes of at least 4 members (excludes halogenated alkanes) is 2. The third-order valence-electron chi connectivity index (χ3n) is 7.32. The van der Waals surface area contributed by atoms with Crippen molar-refractivity contribution in [2.24, 2.45) is 23.7 Å². The Hall–Kier alpha value is -1.84. The number of hydrogen-bond donors (Lipinski definition) is 2. The van der Waals surface area contributed by atoms with Gasteiger partial charge >= 0.3 is 5.97 Å². The molecule has 2 aliphatic rings. The lowest BCUT2D eigenvalue weighted by molar-refractivity contribution is -0.121. The number of rotatable bonds is 8. The van der Waals surface area contributed by atoms with Crippen molar-refractivity contribution >= 4 is 17.6 Å². The van der Waals surface area contributed by atoms with E-state index < -0.39 is 5.97 Å². The summed E-state index contributed by atoms with van der Waals surface area (Å²) in [5, 5.41) is 11.9. The van der Waals surface area contributed by atoms with Gasteiger partial charge in [-0.3, -0.25) is 4.79 Å². The molecule has 2 fully saturated rings. The fourth-order valence-electron chi connectivity index (χ4n) is 5.42. The van der Waals surface area contributed by atoms with Gasteiger partial charge in [-0.1, -0.05) is 45.4 Å².